The highest BCUT2D eigenvalue weighted by Gasteiger charge is 2.14. The van der Waals surface area contributed by atoms with Crippen LogP contribution in [-0.2, 0) is 13.0 Å². The highest BCUT2D eigenvalue weighted by Crippen LogP contribution is 2.27. The molecule has 1 aliphatic heterocycles. The Labute approximate surface area is 128 Å². The molecule has 1 heterocycles. The Morgan fingerprint density at radius 3 is 2.90 bits per heavy atom. The van der Waals surface area contributed by atoms with Crippen LogP contribution >= 0.6 is 15.9 Å². The second-order valence-electron chi connectivity index (χ2n) is 5.25. The number of para-hydroxylation sites is 1. The van der Waals surface area contributed by atoms with E-state index in [1.54, 1.807) is 0 Å². The summed E-state index contributed by atoms with van der Waals surface area (Å²) in [5.74, 6) is 0. The number of hydrogen-bond donors (Lipinski definition) is 2. The van der Waals surface area contributed by atoms with Crippen LogP contribution in [0.2, 0.25) is 0 Å². The van der Waals surface area contributed by atoms with E-state index in [-0.39, 0.29) is 0 Å². The first kappa shape index (κ1) is 13.7. The van der Waals surface area contributed by atoms with Crippen molar-refractivity contribution in [3.8, 4) is 0 Å². The van der Waals surface area contributed by atoms with Crippen LogP contribution in [0.5, 0.6) is 0 Å². The molecule has 0 amide bonds. The minimum absolute atomic E-state index is 0.322. The van der Waals surface area contributed by atoms with Crippen molar-refractivity contribution < 1.29 is 0 Å². The molecule has 104 valence electrons. The van der Waals surface area contributed by atoms with E-state index in [0.717, 1.165) is 24.0 Å². The maximum absolute atomic E-state index is 3.62. The number of fused-ring (bicyclic) bond motifs is 1. The molecular formula is C17H19BrN2. The summed E-state index contributed by atoms with van der Waals surface area (Å²) in [6, 6.07) is 15.3. The Hall–Kier alpha value is -1.32. The van der Waals surface area contributed by atoms with Gasteiger partial charge in [-0.3, -0.25) is 0 Å². The lowest BCUT2D eigenvalue weighted by Gasteiger charge is -2.17. The van der Waals surface area contributed by atoms with Crippen LogP contribution in [0.3, 0.4) is 0 Å². The van der Waals surface area contributed by atoms with Crippen molar-refractivity contribution in [1.82, 2.24) is 5.32 Å². The zero-order valence-corrected chi connectivity index (χ0v) is 13.2. The molecule has 2 N–H and O–H groups in total. The maximum Gasteiger partial charge on any atom is 0.0419 e. The van der Waals surface area contributed by atoms with E-state index in [1.807, 2.05) is 6.07 Å². The number of anilines is 1. The lowest BCUT2D eigenvalue weighted by molar-refractivity contribution is 0.573. The molecule has 0 aliphatic carbocycles. The third kappa shape index (κ3) is 2.74. The fourth-order valence-electron chi connectivity index (χ4n) is 2.76. The topological polar surface area (TPSA) is 24.1 Å². The van der Waals surface area contributed by atoms with Crippen molar-refractivity contribution in [2.24, 2.45) is 0 Å². The third-order valence-corrected chi connectivity index (χ3v) is 4.63. The standard InChI is InChI=1S/C17H19BrN2/c1-12(15-7-2-3-8-16(15)18)20-11-14-6-4-5-13-9-10-19-17(13)14/h2-8,12,19-20H,9-11H2,1H3. The fraction of sp³-hybridized carbons (Fsp3) is 0.294. The number of hydrogen-bond acceptors (Lipinski definition) is 2. The van der Waals surface area contributed by atoms with Gasteiger partial charge in [0.25, 0.3) is 0 Å². The predicted octanol–water partition coefficient (Wildman–Crippen LogP) is 4.27. The molecule has 1 unspecified atom stereocenters. The van der Waals surface area contributed by atoms with E-state index in [1.165, 1.54) is 22.4 Å². The second kappa shape index (κ2) is 5.98. The summed E-state index contributed by atoms with van der Waals surface area (Å²) >= 11 is 3.62. The van der Waals surface area contributed by atoms with Gasteiger partial charge in [0, 0.05) is 29.3 Å². The zero-order valence-electron chi connectivity index (χ0n) is 11.6. The van der Waals surface area contributed by atoms with Gasteiger partial charge in [0.15, 0.2) is 0 Å². The Balaban J connectivity index is 1.71. The van der Waals surface area contributed by atoms with Crippen molar-refractivity contribution in [3.63, 3.8) is 0 Å². The normalized spacial score (nSPS) is 14.7. The van der Waals surface area contributed by atoms with E-state index >= 15 is 0 Å². The summed E-state index contributed by atoms with van der Waals surface area (Å²) in [6.45, 7) is 4.15. The number of halogens is 1. The van der Waals surface area contributed by atoms with Crippen LogP contribution in [0.15, 0.2) is 46.9 Å². The average Bonchev–Trinajstić information content (AvgIpc) is 2.94. The van der Waals surface area contributed by atoms with Gasteiger partial charge in [0.1, 0.15) is 0 Å². The summed E-state index contributed by atoms with van der Waals surface area (Å²) in [7, 11) is 0. The van der Waals surface area contributed by atoms with E-state index in [4.69, 9.17) is 0 Å². The molecule has 20 heavy (non-hydrogen) atoms. The van der Waals surface area contributed by atoms with Crippen molar-refractivity contribution >= 4 is 21.6 Å². The van der Waals surface area contributed by atoms with Crippen LogP contribution in [0.1, 0.15) is 29.7 Å². The Morgan fingerprint density at radius 1 is 1.20 bits per heavy atom. The molecule has 0 bridgehead atoms. The van der Waals surface area contributed by atoms with Gasteiger partial charge in [-0.2, -0.15) is 0 Å². The van der Waals surface area contributed by atoms with Crippen LogP contribution in [0.4, 0.5) is 5.69 Å². The Bertz CT molecular complexity index is 610. The van der Waals surface area contributed by atoms with E-state index < -0.39 is 0 Å². The fourth-order valence-corrected chi connectivity index (χ4v) is 3.39. The molecule has 0 radical (unpaired) electrons. The molecule has 0 fully saturated rings. The van der Waals surface area contributed by atoms with Crippen molar-refractivity contribution in [1.29, 1.82) is 0 Å². The summed E-state index contributed by atoms with van der Waals surface area (Å²) in [5.41, 5.74) is 5.43. The molecule has 0 saturated carbocycles. The van der Waals surface area contributed by atoms with Gasteiger partial charge in [0.2, 0.25) is 0 Å². The van der Waals surface area contributed by atoms with Crippen molar-refractivity contribution in [2.45, 2.75) is 25.9 Å². The van der Waals surface area contributed by atoms with Crippen LogP contribution < -0.4 is 10.6 Å². The largest absolute Gasteiger partial charge is 0.384 e. The van der Waals surface area contributed by atoms with Gasteiger partial charge in [-0.1, -0.05) is 52.3 Å². The first-order valence-corrected chi connectivity index (χ1v) is 7.87. The monoisotopic (exact) mass is 330 g/mol. The van der Waals surface area contributed by atoms with Crippen LogP contribution in [0, 0.1) is 0 Å². The molecule has 0 aromatic heterocycles. The van der Waals surface area contributed by atoms with Gasteiger partial charge in [-0.05, 0) is 36.1 Å². The van der Waals surface area contributed by atoms with Gasteiger partial charge in [0.05, 0.1) is 0 Å². The smallest absolute Gasteiger partial charge is 0.0419 e. The van der Waals surface area contributed by atoms with Crippen LogP contribution in [0.25, 0.3) is 0 Å². The van der Waals surface area contributed by atoms with E-state index in [2.05, 4.69) is 69.9 Å². The number of nitrogens with one attached hydrogen (secondary N) is 2. The van der Waals surface area contributed by atoms with E-state index in [9.17, 15) is 0 Å². The predicted molar refractivity (Wildman–Crippen MR) is 88.0 cm³/mol. The second-order valence-corrected chi connectivity index (χ2v) is 6.11. The molecule has 1 atom stereocenters. The molecule has 0 spiro atoms. The number of rotatable bonds is 4. The summed E-state index contributed by atoms with van der Waals surface area (Å²) in [6.07, 6.45) is 1.14. The summed E-state index contributed by atoms with van der Waals surface area (Å²) < 4.78 is 1.16. The molecule has 1 aliphatic rings. The highest BCUT2D eigenvalue weighted by molar-refractivity contribution is 9.10. The van der Waals surface area contributed by atoms with Crippen LogP contribution in [-0.4, -0.2) is 6.54 Å². The molecule has 2 nitrogen and oxygen atoms in total. The van der Waals surface area contributed by atoms with Crippen molar-refractivity contribution in [3.05, 3.63) is 63.6 Å². The molecule has 2 aromatic carbocycles. The lowest BCUT2D eigenvalue weighted by atomic mass is 10.1. The third-order valence-electron chi connectivity index (χ3n) is 3.90. The first-order valence-electron chi connectivity index (χ1n) is 7.08. The molecule has 3 heteroatoms. The van der Waals surface area contributed by atoms with E-state index in [0.29, 0.717) is 6.04 Å². The summed E-state index contributed by atoms with van der Waals surface area (Å²) in [4.78, 5) is 0. The molecule has 0 saturated heterocycles. The summed E-state index contributed by atoms with van der Waals surface area (Å²) in [5, 5.41) is 7.11. The minimum Gasteiger partial charge on any atom is -0.384 e. The molecular weight excluding hydrogens is 312 g/mol. The first-order chi connectivity index (χ1) is 9.75. The lowest BCUT2D eigenvalue weighted by Crippen LogP contribution is -2.19. The Morgan fingerprint density at radius 2 is 2.05 bits per heavy atom. The maximum atomic E-state index is 3.62. The highest BCUT2D eigenvalue weighted by atomic mass is 79.9. The SMILES string of the molecule is CC(NCc1cccc2c1NCC2)c1ccccc1Br. The van der Waals surface area contributed by atoms with Crippen molar-refractivity contribution in [2.75, 3.05) is 11.9 Å². The van der Waals surface area contributed by atoms with Gasteiger partial charge < -0.3 is 10.6 Å². The average molecular weight is 331 g/mol. The molecule has 3 rings (SSSR count). The molecule has 2 aromatic rings. The van der Waals surface area contributed by atoms with Gasteiger partial charge in [-0.25, -0.2) is 0 Å². The Kier molecular flexibility index (Phi) is 4.08. The minimum atomic E-state index is 0.322. The van der Waals surface area contributed by atoms with Gasteiger partial charge >= 0.3 is 0 Å². The zero-order chi connectivity index (χ0) is 13.9. The quantitative estimate of drug-likeness (QED) is 0.874. The van der Waals surface area contributed by atoms with Gasteiger partial charge in [-0.15, -0.1) is 0 Å². The number of benzene rings is 2.